The van der Waals surface area contributed by atoms with Crippen molar-refractivity contribution in [2.45, 2.75) is 43.4 Å². The molecule has 25 heavy (non-hydrogen) atoms. The van der Waals surface area contributed by atoms with Gasteiger partial charge in [-0.1, -0.05) is 12.1 Å². The topological polar surface area (TPSA) is 126 Å². The number of hydrogen-bond donors (Lipinski definition) is 4. The molecule has 1 aliphatic rings. The Morgan fingerprint density at radius 3 is 2.40 bits per heavy atom. The molecule has 8 heteroatoms. The maximum absolute atomic E-state index is 11.0. The van der Waals surface area contributed by atoms with Gasteiger partial charge in [-0.2, -0.15) is 0 Å². The maximum Gasteiger partial charge on any atom is 0.305 e. The quantitative estimate of drug-likeness (QED) is 0.382. The van der Waals surface area contributed by atoms with E-state index >= 15 is 0 Å². The number of carbonyl (C=O) groups is 1. The second-order valence-corrected chi connectivity index (χ2v) is 5.85. The Labute approximate surface area is 145 Å². The second-order valence-electron chi connectivity index (χ2n) is 5.85. The first-order chi connectivity index (χ1) is 12.0. The van der Waals surface area contributed by atoms with Crippen LogP contribution in [-0.4, -0.2) is 71.1 Å². The highest BCUT2D eigenvalue weighted by Gasteiger charge is 2.43. The van der Waals surface area contributed by atoms with Gasteiger partial charge in [-0.15, -0.1) is 0 Å². The molecule has 0 spiro atoms. The van der Waals surface area contributed by atoms with Crippen molar-refractivity contribution in [3.8, 4) is 5.75 Å². The van der Waals surface area contributed by atoms with E-state index in [9.17, 15) is 25.2 Å². The monoisotopic (exact) mass is 356 g/mol. The number of ether oxygens (including phenoxy) is 3. The molecule has 1 heterocycles. The normalized spacial score (nSPS) is 29.2. The van der Waals surface area contributed by atoms with E-state index in [1.807, 2.05) is 0 Å². The van der Waals surface area contributed by atoms with E-state index in [-0.39, 0.29) is 12.4 Å². The molecule has 1 saturated heterocycles. The molecule has 1 fully saturated rings. The standard InChI is InChI=1S/C17H24O8/c1-23-13(19)3-2-8-24-11-6-4-10(5-7-11)17-16(22)15(21)14(20)12(9-18)25-17/h4-7,12,14-18,20-22H,2-3,8-9H2,1H3/t12-,14-,15+,16+,17?/m1/s1. The summed E-state index contributed by atoms with van der Waals surface area (Å²) in [5.74, 6) is 0.291. The Kier molecular flexibility index (Phi) is 7.15. The largest absolute Gasteiger partial charge is 0.494 e. The minimum absolute atomic E-state index is 0.277. The van der Waals surface area contributed by atoms with Crippen molar-refractivity contribution in [2.75, 3.05) is 20.3 Å². The Balaban J connectivity index is 1.93. The van der Waals surface area contributed by atoms with Gasteiger partial charge in [0.1, 0.15) is 36.3 Å². The zero-order chi connectivity index (χ0) is 18.4. The fraction of sp³-hybridized carbons (Fsp3) is 0.588. The van der Waals surface area contributed by atoms with Crippen molar-refractivity contribution in [3.05, 3.63) is 29.8 Å². The van der Waals surface area contributed by atoms with E-state index in [0.717, 1.165) is 0 Å². The first-order valence-corrected chi connectivity index (χ1v) is 8.08. The summed E-state index contributed by atoms with van der Waals surface area (Å²) >= 11 is 0. The van der Waals surface area contributed by atoms with Gasteiger partial charge in [-0.25, -0.2) is 0 Å². The number of aliphatic hydroxyl groups is 4. The van der Waals surface area contributed by atoms with Crippen LogP contribution in [0.15, 0.2) is 24.3 Å². The van der Waals surface area contributed by atoms with Gasteiger partial charge in [0, 0.05) is 6.42 Å². The van der Waals surface area contributed by atoms with Crippen LogP contribution in [0.1, 0.15) is 24.5 Å². The van der Waals surface area contributed by atoms with E-state index < -0.39 is 37.1 Å². The molecular formula is C17H24O8. The lowest BCUT2D eigenvalue weighted by Crippen LogP contribution is -2.55. The highest BCUT2D eigenvalue weighted by atomic mass is 16.5. The third kappa shape index (κ3) is 4.90. The maximum atomic E-state index is 11.0. The summed E-state index contributed by atoms with van der Waals surface area (Å²) in [5, 5.41) is 39.0. The van der Waals surface area contributed by atoms with E-state index in [0.29, 0.717) is 24.3 Å². The van der Waals surface area contributed by atoms with Gasteiger partial charge in [0.25, 0.3) is 0 Å². The Bertz CT molecular complexity index is 544. The number of benzene rings is 1. The molecule has 1 aliphatic heterocycles. The van der Waals surface area contributed by atoms with Crippen LogP contribution in [0.2, 0.25) is 0 Å². The summed E-state index contributed by atoms with van der Waals surface area (Å²) in [7, 11) is 1.33. The fourth-order valence-corrected chi connectivity index (χ4v) is 2.64. The smallest absolute Gasteiger partial charge is 0.305 e. The van der Waals surface area contributed by atoms with Crippen LogP contribution in [0.3, 0.4) is 0 Å². The minimum Gasteiger partial charge on any atom is -0.494 e. The molecule has 140 valence electrons. The summed E-state index contributed by atoms with van der Waals surface area (Å²) in [5.41, 5.74) is 0.582. The zero-order valence-corrected chi connectivity index (χ0v) is 13.9. The highest BCUT2D eigenvalue weighted by Crippen LogP contribution is 2.33. The molecule has 5 atom stereocenters. The van der Waals surface area contributed by atoms with Crippen molar-refractivity contribution in [3.63, 3.8) is 0 Å². The summed E-state index contributed by atoms with van der Waals surface area (Å²) in [4.78, 5) is 11.0. The third-order valence-electron chi connectivity index (χ3n) is 4.12. The van der Waals surface area contributed by atoms with E-state index in [1.54, 1.807) is 24.3 Å². The van der Waals surface area contributed by atoms with Gasteiger partial charge < -0.3 is 34.6 Å². The molecule has 1 aromatic rings. The first-order valence-electron chi connectivity index (χ1n) is 8.08. The van der Waals surface area contributed by atoms with Crippen molar-refractivity contribution in [2.24, 2.45) is 0 Å². The summed E-state index contributed by atoms with van der Waals surface area (Å²) in [6.45, 7) is -0.114. The molecule has 1 unspecified atom stereocenters. The van der Waals surface area contributed by atoms with Crippen LogP contribution in [-0.2, 0) is 14.3 Å². The average Bonchev–Trinajstić information content (AvgIpc) is 2.64. The Hall–Kier alpha value is -1.71. The van der Waals surface area contributed by atoms with Crippen molar-refractivity contribution in [1.82, 2.24) is 0 Å². The number of rotatable bonds is 7. The average molecular weight is 356 g/mol. The third-order valence-corrected chi connectivity index (χ3v) is 4.12. The van der Waals surface area contributed by atoms with Gasteiger partial charge in [0.15, 0.2) is 0 Å². The number of hydrogen-bond acceptors (Lipinski definition) is 8. The van der Waals surface area contributed by atoms with Crippen LogP contribution in [0.25, 0.3) is 0 Å². The molecular weight excluding hydrogens is 332 g/mol. The lowest BCUT2D eigenvalue weighted by atomic mass is 9.91. The molecule has 0 radical (unpaired) electrons. The van der Waals surface area contributed by atoms with Crippen LogP contribution in [0.5, 0.6) is 5.75 Å². The molecule has 0 amide bonds. The predicted molar refractivity (Wildman–Crippen MR) is 85.9 cm³/mol. The number of esters is 1. The molecule has 4 N–H and O–H groups in total. The van der Waals surface area contributed by atoms with Crippen molar-refractivity contribution >= 4 is 5.97 Å². The van der Waals surface area contributed by atoms with Crippen molar-refractivity contribution < 1.29 is 39.4 Å². The Morgan fingerprint density at radius 2 is 1.80 bits per heavy atom. The van der Waals surface area contributed by atoms with Crippen LogP contribution in [0.4, 0.5) is 0 Å². The fourth-order valence-electron chi connectivity index (χ4n) is 2.64. The van der Waals surface area contributed by atoms with Gasteiger partial charge in [-0.05, 0) is 24.1 Å². The number of methoxy groups -OCH3 is 1. The summed E-state index contributed by atoms with van der Waals surface area (Å²) in [6, 6.07) is 6.69. The first kappa shape index (κ1) is 19.6. The molecule has 0 aliphatic carbocycles. The summed E-state index contributed by atoms with van der Waals surface area (Å²) in [6.07, 6.45) is -5.12. The molecule has 1 aromatic carbocycles. The van der Waals surface area contributed by atoms with Gasteiger partial charge in [0.2, 0.25) is 0 Å². The predicted octanol–water partition coefficient (Wildman–Crippen LogP) is -0.467. The molecule has 0 bridgehead atoms. The molecule has 2 rings (SSSR count). The van der Waals surface area contributed by atoms with Crippen LogP contribution >= 0.6 is 0 Å². The minimum atomic E-state index is -1.41. The summed E-state index contributed by atoms with van der Waals surface area (Å²) < 4.78 is 15.5. The van der Waals surface area contributed by atoms with Gasteiger partial charge in [-0.3, -0.25) is 4.79 Å². The van der Waals surface area contributed by atoms with Crippen molar-refractivity contribution in [1.29, 1.82) is 0 Å². The van der Waals surface area contributed by atoms with Crippen LogP contribution < -0.4 is 4.74 Å². The molecule has 0 saturated carbocycles. The number of aliphatic hydroxyl groups excluding tert-OH is 4. The Morgan fingerprint density at radius 1 is 1.12 bits per heavy atom. The lowest BCUT2D eigenvalue weighted by molar-refractivity contribution is -0.231. The van der Waals surface area contributed by atoms with Gasteiger partial charge in [0.05, 0.1) is 20.3 Å². The molecule has 8 nitrogen and oxygen atoms in total. The lowest BCUT2D eigenvalue weighted by Gasteiger charge is -2.40. The van der Waals surface area contributed by atoms with E-state index in [2.05, 4.69) is 4.74 Å². The van der Waals surface area contributed by atoms with Crippen LogP contribution in [0, 0.1) is 0 Å². The number of carbonyl (C=O) groups excluding carboxylic acids is 1. The van der Waals surface area contributed by atoms with Gasteiger partial charge >= 0.3 is 5.97 Å². The SMILES string of the molecule is COC(=O)CCCOc1ccc(C2O[C@H](CO)[C@@H](O)[C@H](O)[C@@H]2O)cc1. The van der Waals surface area contributed by atoms with E-state index in [1.165, 1.54) is 7.11 Å². The van der Waals surface area contributed by atoms with E-state index in [4.69, 9.17) is 9.47 Å². The zero-order valence-electron chi connectivity index (χ0n) is 13.9. The molecule has 0 aromatic heterocycles. The second kappa shape index (κ2) is 9.12. The highest BCUT2D eigenvalue weighted by molar-refractivity contribution is 5.69.